The number of carbonyl (C=O) groups excluding carboxylic acids is 1. The highest BCUT2D eigenvalue weighted by Crippen LogP contribution is 2.29. The molecule has 0 saturated carbocycles. The first-order valence-corrected chi connectivity index (χ1v) is 7.98. The van der Waals surface area contributed by atoms with E-state index in [1.54, 1.807) is 18.0 Å². The largest absolute Gasteiger partial charge is 0.416 e. The molecular weight excluding hydrogens is 353 g/mol. The van der Waals surface area contributed by atoms with Gasteiger partial charge < -0.3 is 5.32 Å². The maximum absolute atomic E-state index is 12.5. The predicted molar refractivity (Wildman–Crippen MR) is 91.1 cm³/mol. The molecule has 0 aliphatic carbocycles. The minimum Gasteiger partial charge on any atom is -0.351 e. The molecule has 2 rings (SSSR count). The van der Waals surface area contributed by atoms with Crippen molar-refractivity contribution in [2.45, 2.75) is 19.3 Å². The highest BCUT2D eigenvalue weighted by molar-refractivity contribution is 6.31. The molecule has 2 aromatic carbocycles. The van der Waals surface area contributed by atoms with Crippen LogP contribution in [0.5, 0.6) is 0 Å². The van der Waals surface area contributed by atoms with Crippen LogP contribution in [0.4, 0.5) is 13.2 Å². The van der Waals surface area contributed by atoms with Gasteiger partial charge in [-0.3, -0.25) is 9.69 Å². The Balaban J connectivity index is 1.82. The monoisotopic (exact) mass is 370 g/mol. The summed E-state index contributed by atoms with van der Waals surface area (Å²) in [6.07, 6.45) is -4.34. The Morgan fingerprint density at radius 2 is 1.76 bits per heavy atom. The van der Waals surface area contributed by atoms with Gasteiger partial charge in [0.05, 0.1) is 12.1 Å². The molecular formula is C18H18ClF3N2O. The standard InChI is InChI=1S/C18H18ClF3N2O/c1-24(11-13-6-8-15(9-7-13)18(20,21)22)12-17(25)23-10-14-4-2-3-5-16(14)19/h2-9H,10-12H2,1H3,(H,23,25). The van der Waals surface area contributed by atoms with Crippen LogP contribution in [-0.4, -0.2) is 24.4 Å². The molecule has 1 amide bonds. The van der Waals surface area contributed by atoms with Gasteiger partial charge in [0.1, 0.15) is 0 Å². The van der Waals surface area contributed by atoms with E-state index in [1.165, 1.54) is 12.1 Å². The second-order valence-corrected chi connectivity index (χ2v) is 6.14. The zero-order chi connectivity index (χ0) is 18.4. The highest BCUT2D eigenvalue weighted by atomic mass is 35.5. The number of alkyl halides is 3. The predicted octanol–water partition coefficient (Wildman–Crippen LogP) is 4.11. The van der Waals surface area contributed by atoms with Crippen LogP contribution in [0.15, 0.2) is 48.5 Å². The van der Waals surface area contributed by atoms with E-state index in [2.05, 4.69) is 5.32 Å². The number of amides is 1. The normalized spacial score (nSPS) is 11.6. The molecule has 25 heavy (non-hydrogen) atoms. The van der Waals surface area contributed by atoms with Gasteiger partial charge in [0.25, 0.3) is 0 Å². The van der Waals surface area contributed by atoms with Gasteiger partial charge in [0, 0.05) is 18.1 Å². The third-order valence-corrected chi connectivity index (χ3v) is 3.95. The summed E-state index contributed by atoms with van der Waals surface area (Å²) in [6.45, 7) is 0.829. The summed E-state index contributed by atoms with van der Waals surface area (Å²) in [5, 5.41) is 3.36. The Hall–Kier alpha value is -2.05. The molecule has 0 fully saturated rings. The Kier molecular flexibility index (Phi) is 6.45. The molecule has 134 valence electrons. The van der Waals surface area contributed by atoms with E-state index in [0.717, 1.165) is 17.7 Å². The van der Waals surface area contributed by atoms with Crippen molar-refractivity contribution in [1.29, 1.82) is 0 Å². The van der Waals surface area contributed by atoms with Gasteiger partial charge >= 0.3 is 6.18 Å². The average molecular weight is 371 g/mol. The van der Waals surface area contributed by atoms with Gasteiger partial charge in [0.2, 0.25) is 5.91 Å². The van der Waals surface area contributed by atoms with E-state index < -0.39 is 11.7 Å². The Bertz CT molecular complexity index is 717. The first-order valence-electron chi connectivity index (χ1n) is 7.60. The van der Waals surface area contributed by atoms with Crippen molar-refractivity contribution in [3.8, 4) is 0 Å². The summed E-state index contributed by atoms with van der Waals surface area (Å²) in [7, 11) is 1.73. The number of rotatable bonds is 6. The van der Waals surface area contributed by atoms with E-state index in [9.17, 15) is 18.0 Å². The lowest BCUT2D eigenvalue weighted by Crippen LogP contribution is -2.34. The van der Waals surface area contributed by atoms with Crippen LogP contribution in [-0.2, 0) is 24.1 Å². The smallest absolute Gasteiger partial charge is 0.351 e. The molecule has 7 heteroatoms. The highest BCUT2D eigenvalue weighted by Gasteiger charge is 2.29. The van der Waals surface area contributed by atoms with Gasteiger partial charge in [-0.05, 0) is 36.4 Å². The van der Waals surface area contributed by atoms with E-state index >= 15 is 0 Å². The third-order valence-electron chi connectivity index (χ3n) is 3.58. The second kappa shape index (κ2) is 8.36. The summed E-state index contributed by atoms with van der Waals surface area (Å²) >= 11 is 6.02. The number of nitrogens with zero attached hydrogens (tertiary/aromatic N) is 1. The quantitative estimate of drug-likeness (QED) is 0.830. The number of hydrogen-bond acceptors (Lipinski definition) is 2. The zero-order valence-electron chi connectivity index (χ0n) is 13.6. The van der Waals surface area contributed by atoms with Crippen molar-refractivity contribution >= 4 is 17.5 Å². The number of hydrogen-bond donors (Lipinski definition) is 1. The van der Waals surface area contributed by atoms with Crippen molar-refractivity contribution in [1.82, 2.24) is 10.2 Å². The van der Waals surface area contributed by atoms with Gasteiger partial charge in [-0.1, -0.05) is 41.9 Å². The lowest BCUT2D eigenvalue weighted by atomic mass is 10.1. The maximum atomic E-state index is 12.5. The molecule has 0 spiro atoms. The molecule has 0 atom stereocenters. The molecule has 0 radical (unpaired) electrons. The minimum atomic E-state index is -4.34. The molecule has 2 aromatic rings. The van der Waals surface area contributed by atoms with Crippen molar-refractivity contribution in [2.24, 2.45) is 0 Å². The van der Waals surface area contributed by atoms with Gasteiger partial charge in [-0.25, -0.2) is 0 Å². The summed E-state index contributed by atoms with van der Waals surface area (Å²) < 4.78 is 37.6. The van der Waals surface area contributed by atoms with Crippen molar-refractivity contribution < 1.29 is 18.0 Å². The van der Waals surface area contributed by atoms with Crippen LogP contribution in [0.1, 0.15) is 16.7 Å². The molecule has 1 N–H and O–H groups in total. The van der Waals surface area contributed by atoms with E-state index in [-0.39, 0.29) is 12.5 Å². The fraction of sp³-hybridized carbons (Fsp3) is 0.278. The topological polar surface area (TPSA) is 32.3 Å². The summed E-state index contributed by atoms with van der Waals surface area (Å²) in [5.41, 5.74) is 0.841. The first kappa shape index (κ1) is 19.3. The zero-order valence-corrected chi connectivity index (χ0v) is 14.4. The number of likely N-dealkylation sites (N-methyl/N-ethyl adjacent to an activating group) is 1. The Morgan fingerprint density at radius 3 is 2.36 bits per heavy atom. The SMILES string of the molecule is CN(CC(=O)NCc1ccccc1Cl)Cc1ccc(C(F)(F)F)cc1. The van der Waals surface area contributed by atoms with Crippen molar-refractivity contribution in [2.75, 3.05) is 13.6 Å². The molecule has 0 aliphatic heterocycles. The minimum absolute atomic E-state index is 0.130. The van der Waals surface area contributed by atoms with Crippen LogP contribution in [0.3, 0.4) is 0 Å². The summed E-state index contributed by atoms with van der Waals surface area (Å²) in [5.74, 6) is -0.186. The van der Waals surface area contributed by atoms with Crippen LogP contribution < -0.4 is 5.32 Å². The third kappa shape index (κ3) is 6.07. The molecule has 0 saturated heterocycles. The first-order chi connectivity index (χ1) is 11.8. The van der Waals surface area contributed by atoms with Crippen LogP contribution in [0.25, 0.3) is 0 Å². The number of nitrogens with one attached hydrogen (secondary N) is 1. The van der Waals surface area contributed by atoms with E-state index in [4.69, 9.17) is 11.6 Å². The Morgan fingerprint density at radius 1 is 1.12 bits per heavy atom. The number of benzene rings is 2. The fourth-order valence-corrected chi connectivity index (χ4v) is 2.51. The molecule has 3 nitrogen and oxygen atoms in total. The molecule has 0 aliphatic rings. The average Bonchev–Trinajstić information content (AvgIpc) is 2.53. The Labute approximate surface area is 149 Å². The van der Waals surface area contributed by atoms with Crippen molar-refractivity contribution in [3.63, 3.8) is 0 Å². The van der Waals surface area contributed by atoms with Gasteiger partial charge in [-0.15, -0.1) is 0 Å². The fourth-order valence-electron chi connectivity index (χ4n) is 2.30. The molecule has 0 aromatic heterocycles. The van der Waals surface area contributed by atoms with Gasteiger partial charge in [0.15, 0.2) is 0 Å². The lowest BCUT2D eigenvalue weighted by molar-refractivity contribution is -0.137. The number of halogens is 4. The number of carbonyl (C=O) groups is 1. The van der Waals surface area contributed by atoms with Gasteiger partial charge in [-0.2, -0.15) is 13.2 Å². The summed E-state index contributed by atoms with van der Waals surface area (Å²) in [4.78, 5) is 13.7. The van der Waals surface area contributed by atoms with Crippen molar-refractivity contribution in [3.05, 3.63) is 70.2 Å². The second-order valence-electron chi connectivity index (χ2n) is 5.74. The molecule has 0 unspecified atom stereocenters. The molecule has 0 heterocycles. The van der Waals surface area contributed by atoms with E-state index in [0.29, 0.717) is 23.7 Å². The van der Waals surface area contributed by atoms with Crippen LogP contribution >= 0.6 is 11.6 Å². The van der Waals surface area contributed by atoms with E-state index in [1.807, 2.05) is 18.2 Å². The lowest BCUT2D eigenvalue weighted by Gasteiger charge is -2.17. The molecule has 0 bridgehead atoms. The maximum Gasteiger partial charge on any atom is 0.416 e. The van der Waals surface area contributed by atoms with Crippen LogP contribution in [0.2, 0.25) is 5.02 Å². The summed E-state index contributed by atoms with van der Waals surface area (Å²) in [6, 6.07) is 12.1. The van der Waals surface area contributed by atoms with Crippen LogP contribution in [0, 0.1) is 0 Å².